The molecule has 27 heavy (non-hydrogen) atoms. The lowest BCUT2D eigenvalue weighted by atomic mass is 10.1. The van der Waals surface area contributed by atoms with Gasteiger partial charge in [0.05, 0.1) is 12.3 Å². The van der Waals surface area contributed by atoms with E-state index in [1.54, 1.807) is 24.3 Å². The van der Waals surface area contributed by atoms with Crippen LogP contribution in [0.5, 0.6) is 0 Å². The SMILES string of the molecule is CCOCc1c(C(=O)OCC(=O)Nc2cccnc2Cl)oc2ccccc12. The van der Waals surface area contributed by atoms with Crippen molar-refractivity contribution in [3.05, 3.63) is 59.1 Å². The third-order valence-corrected chi connectivity index (χ3v) is 4.00. The van der Waals surface area contributed by atoms with Gasteiger partial charge >= 0.3 is 5.97 Å². The molecule has 0 fully saturated rings. The second kappa shape index (κ2) is 8.66. The number of fused-ring (bicyclic) bond motifs is 1. The van der Waals surface area contributed by atoms with Crippen molar-refractivity contribution in [2.24, 2.45) is 0 Å². The second-order valence-electron chi connectivity index (χ2n) is 5.51. The van der Waals surface area contributed by atoms with Gasteiger partial charge in [-0.05, 0) is 25.1 Å². The molecule has 0 spiro atoms. The van der Waals surface area contributed by atoms with Gasteiger partial charge in [0, 0.05) is 23.8 Å². The van der Waals surface area contributed by atoms with Crippen LogP contribution >= 0.6 is 11.6 Å². The number of nitrogens with one attached hydrogen (secondary N) is 1. The van der Waals surface area contributed by atoms with Gasteiger partial charge in [-0.2, -0.15) is 0 Å². The molecule has 1 aromatic carbocycles. The van der Waals surface area contributed by atoms with Crippen molar-refractivity contribution >= 4 is 40.1 Å². The van der Waals surface area contributed by atoms with Gasteiger partial charge in [-0.1, -0.05) is 29.8 Å². The number of carbonyl (C=O) groups is 2. The lowest BCUT2D eigenvalue weighted by Gasteiger charge is -2.07. The number of amides is 1. The average molecular weight is 389 g/mol. The summed E-state index contributed by atoms with van der Waals surface area (Å²) in [6.45, 7) is 2.06. The zero-order valence-corrected chi connectivity index (χ0v) is 15.3. The number of esters is 1. The first-order valence-corrected chi connectivity index (χ1v) is 8.63. The summed E-state index contributed by atoms with van der Waals surface area (Å²) in [5.41, 5.74) is 1.47. The van der Waals surface area contributed by atoms with Crippen molar-refractivity contribution in [3.63, 3.8) is 0 Å². The van der Waals surface area contributed by atoms with Crippen LogP contribution in [0.3, 0.4) is 0 Å². The standard InChI is InChI=1S/C19H17ClN2O5/c1-2-25-10-13-12-6-3-4-8-15(12)27-17(13)19(24)26-11-16(23)22-14-7-5-9-21-18(14)20/h3-9H,2,10-11H2,1H3,(H,22,23). The Hall–Kier alpha value is -2.90. The minimum atomic E-state index is -0.742. The van der Waals surface area contributed by atoms with Gasteiger partial charge in [-0.25, -0.2) is 9.78 Å². The van der Waals surface area contributed by atoms with Gasteiger partial charge in [0.15, 0.2) is 11.8 Å². The van der Waals surface area contributed by atoms with E-state index in [4.69, 9.17) is 25.5 Å². The first-order chi connectivity index (χ1) is 13.1. The number of halogens is 1. The van der Waals surface area contributed by atoms with E-state index in [1.807, 2.05) is 19.1 Å². The number of hydrogen-bond acceptors (Lipinski definition) is 6. The summed E-state index contributed by atoms with van der Waals surface area (Å²) in [6.07, 6.45) is 1.50. The topological polar surface area (TPSA) is 90.7 Å². The quantitative estimate of drug-likeness (QED) is 0.489. The molecule has 0 saturated carbocycles. The van der Waals surface area contributed by atoms with Gasteiger partial charge in [0.25, 0.3) is 5.91 Å². The molecular weight excluding hydrogens is 372 g/mol. The molecule has 1 N–H and O–H groups in total. The van der Waals surface area contributed by atoms with Gasteiger partial charge in [0.2, 0.25) is 5.76 Å². The Kier molecular flexibility index (Phi) is 6.05. The van der Waals surface area contributed by atoms with E-state index in [-0.39, 0.29) is 17.5 Å². The fraction of sp³-hybridized carbons (Fsp3) is 0.211. The van der Waals surface area contributed by atoms with Crippen LogP contribution in [0.15, 0.2) is 47.0 Å². The fourth-order valence-corrected chi connectivity index (χ4v) is 2.64. The van der Waals surface area contributed by atoms with E-state index >= 15 is 0 Å². The minimum Gasteiger partial charge on any atom is -0.450 e. The van der Waals surface area contributed by atoms with Gasteiger partial charge < -0.3 is 19.2 Å². The van der Waals surface area contributed by atoms with Crippen molar-refractivity contribution < 1.29 is 23.5 Å². The first kappa shape index (κ1) is 18.9. The summed E-state index contributed by atoms with van der Waals surface area (Å²) >= 11 is 5.88. The molecule has 0 atom stereocenters. The summed E-state index contributed by atoms with van der Waals surface area (Å²) in [6, 6.07) is 10.4. The monoisotopic (exact) mass is 388 g/mol. The molecule has 2 aromatic heterocycles. The Balaban J connectivity index is 1.70. The van der Waals surface area contributed by atoms with Crippen LogP contribution < -0.4 is 5.32 Å². The van der Waals surface area contributed by atoms with Gasteiger partial charge in [-0.15, -0.1) is 0 Å². The molecule has 0 radical (unpaired) electrons. The lowest BCUT2D eigenvalue weighted by Crippen LogP contribution is -2.21. The normalized spacial score (nSPS) is 10.7. The van der Waals surface area contributed by atoms with E-state index in [0.717, 1.165) is 5.39 Å². The number of rotatable bonds is 7. The zero-order chi connectivity index (χ0) is 19.2. The van der Waals surface area contributed by atoms with Crippen LogP contribution in [0.25, 0.3) is 11.0 Å². The molecule has 3 rings (SSSR count). The third kappa shape index (κ3) is 4.45. The van der Waals surface area contributed by atoms with Crippen molar-refractivity contribution in [1.82, 2.24) is 4.98 Å². The molecule has 3 aromatic rings. The summed E-state index contributed by atoms with van der Waals surface area (Å²) in [4.78, 5) is 28.3. The number of hydrogen-bond donors (Lipinski definition) is 1. The molecule has 1 amide bonds. The van der Waals surface area contributed by atoms with Crippen molar-refractivity contribution in [2.75, 3.05) is 18.5 Å². The second-order valence-corrected chi connectivity index (χ2v) is 5.87. The first-order valence-electron chi connectivity index (χ1n) is 8.25. The van der Waals surface area contributed by atoms with E-state index in [1.165, 1.54) is 6.20 Å². The lowest BCUT2D eigenvalue weighted by molar-refractivity contribution is -0.119. The van der Waals surface area contributed by atoms with Crippen LogP contribution in [-0.2, 0) is 20.9 Å². The van der Waals surface area contributed by atoms with E-state index in [2.05, 4.69) is 10.3 Å². The molecule has 0 unspecified atom stereocenters. The Morgan fingerprint density at radius 3 is 2.81 bits per heavy atom. The number of ether oxygens (including phenoxy) is 2. The highest BCUT2D eigenvalue weighted by molar-refractivity contribution is 6.32. The number of pyridine rings is 1. The molecule has 2 heterocycles. The van der Waals surface area contributed by atoms with E-state index < -0.39 is 18.5 Å². The summed E-state index contributed by atoms with van der Waals surface area (Å²) in [5, 5.41) is 3.44. The molecule has 8 heteroatoms. The van der Waals surface area contributed by atoms with E-state index in [9.17, 15) is 9.59 Å². The molecule has 0 aliphatic heterocycles. The molecule has 0 saturated heterocycles. The molecule has 0 aliphatic carbocycles. The number of benzene rings is 1. The van der Waals surface area contributed by atoms with Crippen LogP contribution in [0.1, 0.15) is 23.0 Å². The Bertz CT molecular complexity index is 970. The van der Waals surface area contributed by atoms with E-state index in [0.29, 0.717) is 23.4 Å². The highest BCUT2D eigenvalue weighted by Gasteiger charge is 2.22. The Morgan fingerprint density at radius 2 is 2.04 bits per heavy atom. The zero-order valence-electron chi connectivity index (χ0n) is 14.5. The van der Waals surface area contributed by atoms with Crippen molar-refractivity contribution in [1.29, 1.82) is 0 Å². The van der Waals surface area contributed by atoms with Gasteiger partial charge in [0.1, 0.15) is 5.58 Å². The number of anilines is 1. The fourth-order valence-electron chi connectivity index (χ4n) is 2.47. The number of aromatic nitrogens is 1. The third-order valence-electron chi connectivity index (χ3n) is 3.70. The number of nitrogens with zero attached hydrogens (tertiary/aromatic N) is 1. The predicted molar refractivity (Wildman–Crippen MR) is 99.7 cm³/mol. The van der Waals surface area contributed by atoms with Crippen molar-refractivity contribution in [2.45, 2.75) is 13.5 Å². The smallest absolute Gasteiger partial charge is 0.375 e. The summed E-state index contributed by atoms with van der Waals surface area (Å²) < 4.78 is 16.1. The summed E-state index contributed by atoms with van der Waals surface area (Å²) in [5.74, 6) is -1.26. The van der Waals surface area contributed by atoms with Crippen molar-refractivity contribution in [3.8, 4) is 0 Å². The average Bonchev–Trinajstić information content (AvgIpc) is 3.05. The highest BCUT2D eigenvalue weighted by atomic mass is 35.5. The summed E-state index contributed by atoms with van der Waals surface area (Å²) in [7, 11) is 0. The molecule has 7 nitrogen and oxygen atoms in total. The minimum absolute atomic E-state index is 0.0249. The largest absolute Gasteiger partial charge is 0.450 e. The van der Waals surface area contributed by atoms with Crippen LogP contribution in [0, 0.1) is 0 Å². The van der Waals surface area contributed by atoms with Gasteiger partial charge in [-0.3, -0.25) is 4.79 Å². The Morgan fingerprint density at radius 1 is 1.22 bits per heavy atom. The Labute approximate surface area is 160 Å². The number of para-hydroxylation sites is 1. The predicted octanol–water partition coefficient (Wildman–Crippen LogP) is 3.81. The maximum atomic E-state index is 12.4. The maximum Gasteiger partial charge on any atom is 0.375 e. The molecule has 0 bridgehead atoms. The maximum absolute atomic E-state index is 12.4. The highest BCUT2D eigenvalue weighted by Crippen LogP contribution is 2.27. The van der Waals surface area contributed by atoms with Crippen LogP contribution in [-0.4, -0.2) is 30.1 Å². The molecule has 0 aliphatic rings. The number of carbonyl (C=O) groups excluding carboxylic acids is 2. The number of furan rings is 1. The van der Waals surface area contributed by atoms with Crippen LogP contribution in [0.4, 0.5) is 5.69 Å². The van der Waals surface area contributed by atoms with Crippen LogP contribution in [0.2, 0.25) is 5.15 Å². The molecular formula is C19H17ClN2O5. The molecule has 140 valence electrons.